The van der Waals surface area contributed by atoms with E-state index in [9.17, 15) is 13.2 Å². The highest BCUT2D eigenvalue weighted by molar-refractivity contribution is 7.92. The maximum Gasteiger partial charge on any atom is 0.254 e. The molecule has 1 aliphatic rings. The van der Waals surface area contributed by atoms with E-state index in [0.717, 1.165) is 6.26 Å². The number of benzene rings is 1. The van der Waals surface area contributed by atoms with Gasteiger partial charge in [0.25, 0.3) is 5.91 Å². The van der Waals surface area contributed by atoms with E-state index in [0.29, 0.717) is 37.7 Å². The summed E-state index contributed by atoms with van der Waals surface area (Å²) in [5, 5.41) is 0.234. The molecule has 0 atom stereocenters. The topological polar surface area (TPSA) is 95.5 Å². The van der Waals surface area contributed by atoms with Crippen LogP contribution in [0.1, 0.15) is 10.4 Å². The zero-order valence-electron chi connectivity index (χ0n) is 14.1. The molecule has 26 heavy (non-hydrogen) atoms. The van der Waals surface area contributed by atoms with E-state index >= 15 is 0 Å². The normalized spacial score (nSPS) is 15.0. The number of carbonyl (C=O) groups excluding carboxylic acids is 1. The zero-order chi connectivity index (χ0) is 18.7. The van der Waals surface area contributed by atoms with Gasteiger partial charge in [-0.05, 0) is 24.3 Å². The van der Waals surface area contributed by atoms with Gasteiger partial charge in [0, 0.05) is 44.1 Å². The quantitative estimate of drug-likeness (QED) is 0.842. The molecule has 138 valence electrons. The van der Waals surface area contributed by atoms with Gasteiger partial charge in [-0.25, -0.2) is 18.4 Å². The Balaban J connectivity index is 1.70. The van der Waals surface area contributed by atoms with Crippen LogP contribution in [0, 0.1) is 0 Å². The molecule has 0 unspecified atom stereocenters. The van der Waals surface area contributed by atoms with Crippen molar-refractivity contribution in [2.45, 2.75) is 0 Å². The fourth-order valence-corrected chi connectivity index (χ4v) is 3.47. The molecular formula is C16H18ClN5O3S. The lowest BCUT2D eigenvalue weighted by Crippen LogP contribution is -2.49. The van der Waals surface area contributed by atoms with Crippen LogP contribution in [0.25, 0.3) is 0 Å². The Labute approximate surface area is 156 Å². The number of nitrogens with one attached hydrogen (secondary N) is 1. The predicted octanol–water partition coefficient (Wildman–Crippen LogP) is 1.46. The van der Waals surface area contributed by atoms with Crippen LogP contribution in [0.2, 0.25) is 5.02 Å². The fraction of sp³-hybridized carbons (Fsp3) is 0.312. The summed E-state index contributed by atoms with van der Waals surface area (Å²) in [6.07, 6.45) is 4.40. The first-order valence-corrected chi connectivity index (χ1v) is 10.2. The number of aromatic nitrogens is 2. The van der Waals surface area contributed by atoms with Gasteiger partial charge in [-0.2, -0.15) is 0 Å². The summed E-state index contributed by atoms with van der Waals surface area (Å²) in [6.45, 7) is 2.29. The molecule has 1 amide bonds. The largest absolute Gasteiger partial charge is 0.337 e. The number of nitrogens with zero attached hydrogens (tertiary/aromatic N) is 4. The Bertz CT molecular complexity index is 899. The summed E-state index contributed by atoms with van der Waals surface area (Å²) in [4.78, 5) is 24.9. The summed E-state index contributed by atoms with van der Waals surface area (Å²) < 4.78 is 25.2. The molecule has 0 spiro atoms. The van der Waals surface area contributed by atoms with Gasteiger partial charge in [-0.15, -0.1) is 0 Å². The second-order valence-electron chi connectivity index (χ2n) is 5.90. The minimum Gasteiger partial charge on any atom is -0.337 e. The lowest BCUT2D eigenvalue weighted by atomic mass is 10.1. The number of sulfonamides is 1. The van der Waals surface area contributed by atoms with E-state index in [4.69, 9.17) is 11.6 Å². The summed E-state index contributed by atoms with van der Waals surface area (Å²) >= 11 is 6.01. The lowest BCUT2D eigenvalue weighted by Gasteiger charge is -2.34. The number of halogens is 1. The zero-order valence-corrected chi connectivity index (χ0v) is 15.7. The van der Waals surface area contributed by atoms with Crippen LogP contribution in [-0.4, -0.2) is 61.6 Å². The molecule has 3 rings (SSSR count). The number of rotatable bonds is 4. The van der Waals surface area contributed by atoms with Crippen molar-refractivity contribution in [3.05, 3.63) is 47.2 Å². The average Bonchev–Trinajstić information content (AvgIpc) is 2.63. The molecule has 2 heterocycles. The van der Waals surface area contributed by atoms with Crippen LogP contribution in [0.5, 0.6) is 0 Å². The lowest BCUT2D eigenvalue weighted by molar-refractivity contribution is 0.0746. The Kier molecular flexibility index (Phi) is 5.28. The fourth-order valence-electron chi connectivity index (χ4n) is 2.68. The average molecular weight is 396 g/mol. The van der Waals surface area contributed by atoms with Crippen LogP contribution in [0.15, 0.2) is 36.7 Å². The van der Waals surface area contributed by atoms with Crippen LogP contribution in [-0.2, 0) is 10.0 Å². The molecule has 0 bridgehead atoms. The SMILES string of the molecule is CS(=O)(=O)Nc1cc(C(=O)N2CCN(c3ncccn3)CC2)ccc1Cl. The van der Waals surface area contributed by atoms with Gasteiger partial charge < -0.3 is 9.80 Å². The molecule has 8 nitrogen and oxygen atoms in total. The first-order chi connectivity index (χ1) is 12.3. The first-order valence-electron chi connectivity index (χ1n) is 7.92. The van der Waals surface area contributed by atoms with Crippen LogP contribution in [0.4, 0.5) is 11.6 Å². The molecule has 2 aromatic rings. The number of hydrogen-bond donors (Lipinski definition) is 1. The molecule has 1 aliphatic heterocycles. The van der Waals surface area contributed by atoms with Crippen molar-refractivity contribution in [3.8, 4) is 0 Å². The van der Waals surface area contributed by atoms with Crippen molar-refractivity contribution in [1.82, 2.24) is 14.9 Å². The van der Waals surface area contributed by atoms with Crippen molar-refractivity contribution in [3.63, 3.8) is 0 Å². The van der Waals surface area contributed by atoms with Crippen molar-refractivity contribution >= 4 is 39.2 Å². The number of anilines is 2. The van der Waals surface area contributed by atoms with E-state index in [1.807, 2.05) is 4.90 Å². The van der Waals surface area contributed by atoms with Crippen molar-refractivity contribution in [2.75, 3.05) is 42.1 Å². The highest BCUT2D eigenvalue weighted by Gasteiger charge is 2.24. The molecule has 0 aliphatic carbocycles. The van der Waals surface area contributed by atoms with Gasteiger partial charge in [0.05, 0.1) is 17.0 Å². The van der Waals surface area contributed by atoms with Gasteiger partial charge in [-0.3, -0.25) is 9.52 Å². The minimum atomic E-state index is -3.48. The summed E-state index contributed by atoms with van der Waals surface area (Å²) in [5.74, 6) is 0.470. The third-order valence-corrected chi connectivity index (χ3v) is 4.83. The Morgan fingerprint density at radius 2 is 1.81 bits per heavy atom. The predicted molar refractivity (Wildman–Crippen MR) is 100 cm³/mol. The van der Waals surface area contributed by atoms with Crippen molar-refractivity contribution in [1.29, 1.82) is 0 Å². The Morgan fingerprint density at radius 1 is 1.15 bits per heavy atom. The monoisotopic (exact) mass is 395 g/mol. The second-order valence-corrected chi connectivity index (χ2v) is 8.05. The highest BCUT2D eigenvalue weighted by Crippen LogP contribution is 2.25. The van der Waals surface area contributed by atoms with E-state index in [2.05, 4.69) is 14.7 Å². The molecule has 1 saturated heterocycles. The molecule has 10 heteroatoms. The second kappa shape index (κ2) is 7.46. The smallest absolute Gasteiger partial charge is 0.254 e. The molecule has 1 N–H and O–H groups in total. The number of carbonyl (C=O) groups is 1. The van der Waals surface area contributed by atoms with Crippen molar-refractivity contribution < 1.29 is 13.2 Å². The molecule has 1 aromatic heterocycles. The number of amides is 1. The van der Waals surface area contributed by atoms with Gasteiger partial charge in [0.2, 0.25) is 16.0 Å². The molecule has 1 aromatic carbocycles. The third-order valence-electron chi connectivity index (χ3n) is 3.91. The Morgan fingerprint density at radius 3 is 2.42 bits per heavy atom. The van der Waals surface area contributed by atoms with E-state index < -0.39 is 10.0 Å². The van der Waals surface area contributed by atoms with E-state index in [1.165, 1.54) is 12.1 Å². The molecular weight excluding hydrogens is 378 g/mol. The maximum atomic E-state index is 12.7. The molecule has 1 fully saturated rings. The summed E-state index contributed by atoms with van der Waals surface area (Å²) in [5.41, 5.74) is 0.571. The van der Waals surface area contributed by atoms with Crippen LogP contribution >= 0.6 is 11.6 Å². The van der Waals surface area contributed by atoms with Crippen LogP contribution < -0.4 is 9.62 Å². The standard InChI is InChI=1S/C16H18ClN5O3S/c1-26(24,25)20-14-11-12(3-4-13(14)17)15(23)21-7-9-22(10-8-21)16-18-5-2-6-19-16/h2-6,11,20H,7-10H2,1H3. The Hall–Kier alpha value is -2.39. The summed E-state index contributed by atoms with van der Waals surface area (Å²) in [7, 11) is -3.48. The van der Waals surface area contributed by atoms with E-state index in [1.54, 1.807) is 29.4 Å². The molecule has 0 radical (unpaired) electrons. The number of hydrogen-bond acceptors (Lipinski definition) is 6. The van der Waals surface area contributed by atoms with Crippen molar-refractivity contribution in [2.24, 2.45) is 0 Å². The van der Waals surface area contributed by atoms with Gasteiger partial charge >= 0.3 is 0 Å². The highest BCUT2D eigenvalue weighted by atomic mass is 35.5. The minimum absolute atomic E-state index is 0.174. The van der Waals surface area contributed by atoms with Gasteiger partial charge in [0.15, 0.2) is 0 Å². The summed E-state index contributed by atoms with van der Waals surface area (Å²) in [6, 6.07) is 6.31. The third kappa shape index (κ3) is 4.41. The maximum absolute atomic E-state index is 12.7. The van der Waals surface area contributed by atoms with E-state index in [-0.39, 0.29) is 16.6 Å². The molecule has 0 saturated carbocycles. The van der Waals surface area contributed by atoms with Crippen LogP contribution in [0.3, 0.4) is 0 Å². The van der Waals surface area contributed by atoms with Gasteiger partial charge in [0.1, 0.15) is 0 Å². The van der Waals surface area contributed by atoms with Gasteiger partial charge in [-0.1, -0.05) is 11.6 Å². The first kappa shape index (κ1) is 18.4. The number of piperazine rings is 1.